The average molecular weight is 351 g/mol. The summed E-state index contributed by atoms with van der Waals surface area (Å²) < 4.78 is 11.7. The van der Waals surface area contributed by atoms with Crippen molar-refractivity contribution in [3.8, 4) is 0 Å². The number of halogens is 1. The summed E-state index contributed by atoms with van der Waals surface area (Å²) in [4.78, 5) is 0. The molecule has 3 heteroatoms. The summed E-state index contributed by atoms with van der Waals surface area (Å²) in [6.07, 6.45) is 5.17. The summed E-state index contributed by atoms with van der Waals surface area (Å²) in [6.45, 7) is 8.17. The second-order valence-electron chi connectivity index (χ2n) is 5.77. The molecule has 1 unspecified atom stereocenters. The van der Waals surface area contributed by atoms with Crippen molar-refractivity contribution in [3.63, 3.8) is 0 Å². The molecule has 1 aliphatic rings. The highest BCUT2D eigenvalue weighted by atomic mass is 79.9. The Hall–Kier alpha value is -1.06. The standard InChI is InChI=1S/C18H23BrO2/c1-13(2)20-16-11-8-12-18(19,21-14(3)4)17(16)15-9-6-5-7-10-15/h5-11,13-14H,12H2,1-4H3. The molecule has 0 saturated heterocycles. The molecule has 2 rings (SSSR count). The lowest BCUT2D eigenvalue weighted by atomic mass is 9.92. The number of hydrogen-bond acceptors (Lipinski definition) is 2. The molecular formula is C18H23BrO2. The zero-order chi connectivity index (χ0) is 15.5. The van der Waals surface area contributed by atoms with Crippen molar-refractivity contribution in [1.29, 1.82) is 0 Å². The van der Waals surface area contributed by atoms with E-state index >= 15 is 0 Å². The summed E-state index contributed by atoms with van der Waals surface area (Å²) >= 11 is 3.82. The Balaban J connectivity index is 2.52. The van der Waals surface area contributed by atoms with E-state index < -0.39 is 4.51 Å². The van der Waals surface area contributed by atoms with Crippen LogP contribution in [-0.4, -0.2) is 16.7 Å². The largest absolute Gasteiger partial charge is 0.491 e. The van der Waals surface area contributed by atoms with Crippen LogP contribution in [0.15, 0.2) is 48.2 Å². The SMILES string of the molecule is CC(C)OC1=C(c2ccccc2)C(Br)(OC(C)C)CC=C1. The van der Waals surface area contributed by atoms with Crippen molar-refractivity contribution in [2.24, 2.45) is 0 Å². The number of allylic oxidation sites excluding steroid dienone is 1. The Kier molecular flexibility index (Phi) is 5.28. The van der Waals surface area contributed by atoms with Crippen LogP contribution in [0.1, 0.15) is 39.7 Å². The average Bonchev–Trinajstić information content (AvgIpc) is 2.37. The third-order valence-electron chi connectivity index (χ3n) is 3.12. The Bertz CT molecular complexity index is 531. The summed E-state index contributed by atoms with van der Waals surface area (Å²) in [6, 6.07) is 10.3. The molecule has 1 atom stereocenters. The van der Waals surface area contributed by atoms with Crippen LogP contribution in [-0.2, 0) is 9.47 Å². The minimum atomic E-state index is -0.540. The molecule has 0 saturated carbocycles. The summed E-state index contributed by atoms with van der Waals surface area (Å²) in [5.41, 5.74) is 2.18. The van der Waals surface area contributed by atoms with E-state index in [1.807, 2.05) is 52.0 Å². The molecule has 0 fully saturated rings. The Labute approximate surface area is 136 Å². The first-order valence-electron chi connectivity index (χ1n) is 7.42. The number of benzene rings is 1. The Morgan fingerprint density at radius 3 is 2.29 bits per heavy atom. The number of hydrogen-bond donors (Lipinski definition) is 0. The van der Waals surface area contributed by atoms with Crippen molar-refractivity contribution in [2.75, 3.05) is 0 Å². The molecule has 1 aromatic rings. The second kappa shape index (κ2) is 6.80. The van der Waals surface area contributed by atoms with Gasteiger partial charge in [-0.2, -0.15) is 0 Å². The predicted molar refractivity (Wildman–Crippen MR) is 91.2 cm³/mol. The highest BCUT2D eigenvalue weighted by molar-refractivity contribution is 9.10. The summed E-state index contributed by atoms with van der Waals surface area (Å²) in [7, 11) is 0. The lowest BCUT2D eigenvalue weighted by Crippen LogP contribution is -2.32. The van der Waals surface area contributed by atoms with Crippen LogP contribution in [0.3, 0.4) is 0 Å². The van der Waals surface area contributed by atoms with E-state index in [0.717, 1.165) is 23.3 Å². The van der Waals surface area contributed by atoms with Crippen LogP contribution in [0.5, 0.6) is 0 Å². The normalized spacial score (nSPS) is 22.2. The minimum Gasteiger partial charge on any atom is -0.491 e. The van der Waals surface area contributed by atoms with Gasteiger partial charge in [-0.1, -0.05) is 36.4 Å². The van der Waals surface area contributed by atoms with E-state index in [0.29, 0.717) is 0 Å². The first-order valence-corrected chi connectivity index (χ1v) is 8.22. The number of rotatable bonds is 5. The molecule has 0 spiro atoms. The van der Waals surface area contributed by atoms with Crippen molar-refractivity contribution >= 4 is 21.5 Å². The summed E-state index contributed by atoms with van der Waals surface area (Å²) in [5.74, 6) is 0.875. The molecule has 1 aliphatic carbocycles. The van der Waals surface area contributed by atoms with E-state index in [4.69, 9.17) is 9.47 Å². The lowest BCUT2D eigenvalue weighted by molar-refractivity contribution is 0.0215. The fourth-order valence-electron chi connectivity index (χ4n) is 2.48. The minimum absolute atomic E-state index is 0.120. The molecule has 1 aromatic carbocycles. The maximum absolute atomic E-state index is 6.19. The topological polar surface area (TPSA) is 18.5 Å². The van der Waals surface area contributed by atoms with Gasteiger partial charge in [-0.25, -0.2) is 0 Å². The molecular weight excluding hydrogens is 328 g/mol. The van der Waals surface area contributed by atoms with E-state index in [2.05, 4.69) is 34.1 Å². The van der Waals surface area contributed by atoms with Gasteiger partial charge in [0.15, 0.2) is 4.51 Å². The van der Waals surface area contributed by atoms with Gasteiger partial charge in [0.1, 0.15) is 5.76 Å². The zero-order valence-corrected chi connectivity index (χ0v) is 14.7. The predicted octanol–water partition coefficient (Wildman–Crippen LogP) is 5.30. The number of alkyl halides is 1. The van der Waals surface area contributed by atoms with Gasteiger partial charge in [0.2, 0.25) is 0 Å². The van der Waals surface area contributed by atoms with Gasteiger partial charge in [-0.05, 0) is 55.3 Å². The smallest absolute Gasteiger partial charge is 0.156 e. The third-order valence-corrected chi connectivity index (χ3v) is 4.02. The number of ether oxygens (including phenoxy) is 2. The third kappa shape index (κ3) is 3.98. The van der Waals surface area contributed by atoms with Crippen LogP contribution in [0.4, 0.5) is 0 Å². The molecule has 0 radical (unpaired) electrons. The zero-order valence-electron chi connectivity index (χ0n) is 13.1. The highest BCUT2D eigenvalue weighted by Crippen LogP contribution is 2.45. The molecule has 0 amide bonds. The van der Waals surface area contributed by atoms with Gasteiger partial charge < -0.3 is 9.47 Å². The molecule has 21 heavy (non-hydrogen) atoms. The molecule has 2 nitrogen and oxygen atoms in total. The van der Waals surface area contributed by atoms with Crippen LogP contribution >= 0.6 is 15.9 Å². The maximum Gasteiger partial charge on any atom is 0.156 e. The first kappa shape index (κ1) is 16.3. The van der Waals surface area contributed by atoms with Gasteiger partial charge in [-0.15, -0.1) is 0 Å². The highest BCUT2D eigenvalue weighted by Gasteiger charge is 2.38. The van der Waals surface area contributed by atoms with Crippen LogP contribution < -0.4 is 0 Å². The van der Waals surface area contributed by atoms with Gasteiger partial charge in [0, 0.05) is 12.0 Å². The van der Waals surface area contributed by atoms with E-state index in [-0.39, 0.29) is 12.2 Å². The second-order valence-corrected chi connectivity index (χ2v) is 7.05. The van der Waals surface area contributed by atoms with Crippen molar-refractivity contribution in [2.45, 2.75) is 50.8 Å². The van der Waals surface area contributed by atoms with Gasteiger partial charge in [-0.3, -0.25) is 0 Å². The Morgan fingerprint density at radius 1 is 1.05 bits per heavy atom. The Morgan fingerprint density at radius 2 is 1.71 bits per heavy atom. The molecule has 0 N–H and O–H groups in total. The molecule has 0 heterocycles. The van der Waals surface area contributed by atoms with E-state index in [1.54, 1.807) is 0 Å². The van der Waals surface area contributed by atoms with Gasteiger partial charge in [0.05, 0.1) is 12.2 Å². The van der Waals surface area contributed by atoms with Crippen LogP contribution in [0, 0.1) is 0 Å². The van der Waals surface area contributed by atoms with Crippen LogP contribution in [0.2, 0.25) is 0 Å². The lowest BCUT2D eigenvalue weighted by Gasteiger charge is -2.35. The van der Waals surface area contributed by atoms with Crippen LogP contribution in [0.25, 0.3) is 5.57 Å². The van der Waals surface area contributed by atoms with E-state index in [9.17, 15) is 0 Å². The maximum atomic E-state index is 6.19. The first-order chi connectivity index (χ1) is 9.92. The monoisotopic (exact) mass is 350 g/mol. The molecule has 114 valence electrons. The van der Waals surface area contributed by atoms with E-state index in [1.165, 1.54) is 0 Å². The van der Waals surface area contributed by atoms with Gasteiger partial charge in [0.25, 0.3) is 0 Å². The fraction of sp³-hybridized carbons (Fsp3) is 0.444. The van der Waals surface area contributed by atoms with Crippen molar-refractivity contribution < 1.29 is 9.47 Å². The van der Waals surface area contributed by atoms with Crippen molar-refractivity contribution in [1.82, 2.24) is 0 Å². The molecule has 0 bridgehead atoms. The quantitative estimate of drug-likeness (QED) is 0.671. The van der Waals surface area contributed by atoms with Gasteiger partial charge >= 0.3 is 0 Å². The fourth-order valence-corrected chi connectivity index (χ4v) is 3.47. The van der Waals surface area contributed by atoms with Crippen molar-refractivity contribution in [3.05, 3.63) is 53.8 Å². The molecule has 0 aliphatic heterocycles. The molecule has 0 aromatic heterocycles. The summed E-state index contributed by atoms with van der Waals surface area (Å²) in [5, 5.41) is 0.